The average molecular weight is 668 g/mol. The highest BCUT2D eigenvalue weighted by molar-refractivity contribution is 6.99. The Morgan fingerprint density at radius 1 is 0.667 bits per heavy atom. The van der Waals surface area contributed by atoms with Crippen LogP contribution in [0.4, 0.5) is 9.59 Å². The molecule has 3 N–H and O–H groups in total. The Bertz CT molecular complexity index is 1550. The fraction of sp³-hybridized carbons (Fsp3) is 0.289. The number of amides is 3. The number of urea groups is 1. The minimum absolute atomic E-state index is 0.301. The highest BCUT2D eigenvalue weighted by atomic mass is 28.4. The molecule has 0 aliphatic heterocycles. The molecule has 1 atom stereocenters. The second kappa shape index (κ2) is 15.8. The number of carbonyl (C=O) groups excluding carboxylic acids is 3. The molecule has 0 saturated carbocycles. The number of carbonyl (C=O) groups is 3. The van der Waals surface area contributed by atoms with Gasteiger partial charge in [0, 0.05) is 0 Å². The van der Waals surface area contributed by atoms with Crippen LogP contribution in [0.1, 0.15) is 58.8 Å². The highest BCUT2D eigenvalue weighted by Gasteiger charge is 2.51. The van der Waals surface area contributed by atoms with Crippen LogP contribution in [-0.2, 0) is 18.8 Å². The standard InChI is InChI=1S/C38H45N3O6Si/c1-37(2,3)46-36(44)40-32(34(42)45-33(28-19-11-7-12-20-28)29-21-13-8-14-22-29)27-39-35(43)41-47-48(38(4,5)6,30-23-15-9-16-24-30)31-25-17-10-18-26-31/h7-26,32-33H,27H2,1-6H3,(H,40,44)(H2,39,41,43)/t32-/m0/s1. The molecule has 4 aromatic carbocycles. The summed E-state index contributed by atoms with van der Waals surface area (Å²) in [5.74, 6) is -0.758. The van der Waals surface area contributed by atoms with E-state index in [4.69, 9.17) is 14.0 Å². The predicted octanol–water partition coefficient (Wildman–Crippen LogP) is 6.00. The van der Waals surface area contributed by atoms with Gasteiger partial charge in [0.15, 0.2) is 6.10 Å². The van der Waals surface area contributed by atoms with Crippen molar-refractivity contribution in [1.29, 1.82) is 0 Å². The second-order valence-corrected chi connectivity index (χ2v) is 17.6. The van der Waals surface area contributed by atoms with Gasteiger partial charge >= 0.3 is 18.1 Å². The monoisotopic (exact) mass is 667 g/mol. The SMILES string of the molecule is CC(C)(C)OC(=O)N[C@@H](CNC(=O)NO[Si](c1ccccc1)(c1ccccc1)C(C)(C)C)C(=O)OC(c1ccccc1)c1ccccc1. The second-order valence-electron chi connectivity index (χ2n) is 13.4. The number of alkyl carbamates (subject to hydrolysis) is 1. The number of esters is 1. The third-order valence-electron chi connectivity index (χ3n) is 7.59. The van der Waals surface area contributed by atoms with Crippen LogP contribution in [0, 0.1) is 0 Å². The van der Waals surface area contributed by atoms with Crippen molar-refractivity contribution in [2.45, 2.75) is 64.3 Å². The Hall–Kier alpha value is -4.93. The molecular formula is C38H45N3O6Si. The number of hydrogen-bond donors (Lipinski definition) is 3. The fourth-order valence-electron chi connectivity index (χ4n) is 5.43. The fourth-order valence-corrected chi connectivity index (χ4v) is 9.61. The van der Waals surface area contributed by atoms with Crippen LogP contribution in [-0.4, -0.2) is 44.6 Å². The van der Waals surface area contributed by atoms with E-state index in [1.807, 2.05) is 121 Å². The van der Waals surface area contributed by atoms with Gasteiger partial charge in [-0.3, -0.25) is 0 Å². The third kappa shape index (κ3) is 9.33. The first kappa shape index (κ1) is 35.9. The van der Waals surface area contributed by atoms with Crippen LogP contribution < -0.4 is 26.5 Å². The van der Waals surface area contributed by atoms with Crippen LogP contribution in [0.5, 0.6) is 0 Å². The molecule has 4 rings (SSSR count). The van der Waals surface area contributed by atoms with E-state index >= 15 is 0 Å². The van der Waals surface area contributed by atoms with Crippen LogP contribution in [0.15, 0.2) is 121 Å². The van der Waals surface area contributed by atoms with E-state index in [9.17, 15) is 14.4 Å². The van der Waals surface area contributed by atoms with Crippen LogP contribution >= 0.6 is 0 Å². The quantitative estimate of drug-likeness (QED) is 0.103. The van der Waals surface area contributed by atoms with Gasteiger partial charge in [0.25, 0.3) is 8.32 Å². The summed E-state index contributed by atoms with van der Waals surface area (Å²) in [6, 6.07) is 36.3. The number of nitrogens with one attached hydrogen (secondary N) is 3. The van der Waals surface area contributed by atoms with Crippen molar-refractivity contribution in [3.8, 4) is 0 Å². The molecule has 4 aromatic rings. The molecule has 3 amide bonds. The molecule has 0 unspecified atom stereocenters. The zero-order chi connectivity index (χ0) is 34.8. The van der Waals surface area contributed by atoms with E-state index in [-0.39, 0.29) is 6.54 Å². The molecule has 0 aliphatic carbocycles. The zero-order valence-electron chi connectivity index (χ0n) is 28.4. The molecule has 10 heteroatoms. The molecule has 0 saturated heterocycles. The average Bonchev–Trinajstić information content (AvgIpc) is 3.06. The summed E-state index contributed by atoms with van der Waals surface area (Å²) in [6.07, 6.45) is -1.58. The molecule has 0 heterocycles. The van der Waals surface area contributed by atoms with E-state index in [2.05, 4.69) is 36.9 Å². The third-order valence-corrected chi connectivity index (χ3v) is 12.4. The van der Waals surface area contributed by atoms with Crippen molar-refractivity contribution in [2.75, 3.05) is 6.54 Å². The Balaban J connectivity index is 1.56. The summed E-state index contributed by atoms with van der Waals surface area (Å²) in [5, 5.41) is 6.82. The molecule has 9 nitrogen and oxygen atoms in total. The van der Waals surface area contributed by atoms with Gasteiger partial charge in [0.2, 0.25) is 0 Å². The number of hydroxylamine groups is 1. The number of hydrogen-bond acceptors (Lipinski definition) is 6. The Labute approximate surface area is 284 Å². The smallest absolute Gasteiger partial charge is 0.408 e. The van der Waals surface area contributed by atoms with Gasteiger partial charge in [-0.2, -0.15) is 0 Å². The van der Waals surface area contributed by atoms with Crippen LogP contribution in [0.2, 0.25) is 5.04 Å². The molecule has 0 aromatic heterocycles. The number of rotatable bonds is 11. The van der Waals surface area contributed by atoms with Gasteiger partial charge in [0.05, 0.1) is 6.54 Å². The summed E-state index contributed by atoms with van der Waals surface area (Å²) in [6.45, 7) is 11.1. The molecule has 0 bridgehead atoms. The van der Waals surface area contributed by atoms with E-state index < -0.39 is 49.2 Å². The van der Waals surface area contributed by atoms with Crippen molar-refractivity contribution in [1.82, 2.24) is 16.1 Å². The largest absolute Gasteiger partial charge is 0.451 e. The lowest BCUT2D eigenvalue weighted by atomic mass is 10.0. The maximum absolute atomic E-state index is 13.7. The maximum atomic E-state index is 13.7. The van der Waals surface area contributed by atoms with E-state index in [0.29, 0.717) is 0 Å². The van der Waals surface area contributed by atoms with Crippen molar-refractivity contribution in [3.63, 3.8) is 0 Å². The molecule has 0 fully saturated rings. The normalized spacial score (nSPS) is 12.5. The highest BCUT2D eigenvalue weighted by Crippen LogP contribution is 2.36. The van der Waals surface area contributed by atoms with Gasteiger partial charge < -0.3 is 24.6 Å². The summed E-state index contributed by atoms with van der Waals surface area (Å²) in [7, 11) is -3.09. The zero-order valence-corrected chi connectivity index (χ0v) is 29.4. The van der Waals surface area contributed by atoms with E-state index in [1.54, 1.807) is 20.8 Å². The molecule has 0 aliphatic rings. The molecule has 0 radical (unpaired) electrons. The molecule has 0 spiro atoms. The lowest BCUT2D eigenvalue weighted by molar-refractivity contribution is -0.150. The first-order chi connectivity index (χ1) is 22.8. The topological polar surface area (TPSA) is 115 Å². The Kier molecular flexibility index (Phi) is 11.8. The first-order valence-electron chi connectivity index (χ1n) is 15.9. The maximum Gasteiger partial charge on any atom is 0.408 e. The summed E-state index contributed by atoms with van der Waals surface area (Å²) in [4.78, 5) is 39.9. The lowest BCUT2D eigenvalue weighted by Gasteiger charge is -2.41. The van der Waals surface area contributed by atoms with Gasteiger partial charge in [-0.25, -0.2) is 19.9 Å². The van der Waals surface area contributed by atoms with Crippen LogP contribution in [0.3, 0.4) is 0 Å². The lowest BCUT2D eigenvalue weighted by Crippen LogP contribution is -2.69. The molecule has 252 valence electrons. The van der Waals surface area contributed by atoms with Crippen molar-refractivity contribution < 1.29 is 28.4 Å². The Morgan fingerprint density at radius 3 is 1.52 bits per heavy atom. The summed E-state index contributed by atoms with van der Waals surface area (Å²) >= 11 is 0. The summed E-state index contributed by atoms with van der Waals surface area (Å²) in [5.41, 5.74) is 3.30. The number of ether oxygens (including phenoxy) is 2. The predicted molar refractivity (Wildman–Crippen MR) is 189 cm³/mol. The molecular weight excluding hydrogens is 623 g/mol. The minimum Gasteiger partial charge on any atom is -0.451 e. The van der Waals surface area contributed by atoms with E-state index in [0.717, 1.165) is 21.5 Å². The number of benzene rings is 4. The van der Waals surface area contributed by atoms with Gasteiger partial charge in [-0.05, 0) is 47.3 Å². The van der Waals surface area contributed by atoms with Crippen molar-refractivity contribution in [3.05, 3.63) is 132 Å². The first-order valence-corrected chi connectivity index (χ1v) is 17.8. The van der Waals surface area contributed by atoms with E-state index in [1.165, 1.54) is 0 Å². The van der Waals surface area contributed by atoms with Gasteiger partial charge in [-0.1, -0.05) is 142 Å². The van der Waals surface area contributed by atoms with Crippen LogP contribution in [0.25, 0.3) is 0 Å². The van der Waals surface area contributed by atoms with Gasteiger partial charge in [-0.15, -0.1) is 0 Å². The summed E-state index contributed by atoms with van der Waals surface area (Å²) < 4.78 is 17.9. The van der Waals surface area contributed by atoms with Gasteiger partial charge in [0.1, 0.15) is 11.6 Å². The van der Waals surface area contributed by atoms with Crippen molar-refractivity contribution in [2.24, 2.45) is 0 Å². The minimum atomic E-state index is -3.09. The Morgan fingerprint density at radius 2 is 1.10 bits per heavy atom. The molecule has 48 heavy (non-hydrogen) atoms. The van der Waals surface area contributed by atoms with Crippen molar-refractivity contribution >= 4 is 36.8 Å².